The van der Waals surface area contributed by atoms with Crippen molar-refractivity contribution in [1.29, 1.82) is 0 Å². The van der Waals surface area contributed by atoms with Gasteiger partial charge >= 0.3 is 0 Å². The van der Waals surface area contributed by atoms with E-state index in [-0.39, 0.29) is 24.1 Å². The van der Waals surface area contributed by atoms with Crippen LogP contribution in [0.15, 0.2) is 31.0 Å². The average molecular weight is 660 g/mol. The lowest BCUT2D eigenvalue weighted by atomic mass is 10.1. The number of fused-ring (bicyclic) bond motifs is 1. The number of benzene rings is 1. The first-order valence-corrected chi connectivity index (χ1v) is 15.7. The number of carbonyl (C=O) groups is 1. The topological polar surface area (TPSA) is 126 Å². The Morgan fingerprint density at radius 3 is 2.53 bits per heavy atom. The summed E-state index contributed by atoms with van der Waals surface area (Å²) in [5.41, 5.74) is 1.60. The van der Waals surface area contributed by atoms with Crippen molar-refractivity contribution >= 4 is 51.8 Å². The quantitative estimate of drug-likeness (QED) is 0.231. The average Bonchev–Trinajstić information content (AvgIpc) is 3.69. The maximum absolute atomic E-state index is 12.2. The van der Waals surface area contributed by atoms with Crippen molar-refractivity contribution in [3.8, 4) is 22.8 Å². The van der Waals surface area contributed by atoms with Crippen LogP contribution < -0.4 is 25.4 Å². The van der Waals surface area contributed by atoms with E-state index in [0.717, 1.165) is 37.9 Å². The molecule has 1 amide bonds. The van der Waals surface area contributed by atoms with E-state index < -0.39 is 0 Å². The molecule has 2 aliphatic heterocycles. The van der Waals surface area contributed by atoms with Gasteiger partial charge in [0.2, 0.25) is 11.9 Å². The zero-order valence-corrected chi connectivity index (χ0v) is 27.5. The summed E-state index contributed by atoms with van der Waals surface area (Å²) >= 11 is 13.5. The smallest absolute Gasteiger partial charge is 0.243 e. The minimum absolute atomic E-state index is 0.0647. The maximum Gasteiger partial charge on any atom is 0.243 e. The predicted molar refractivity (Wildman–Crippen MR) is 178 cm³/mol. The highest BCUT2D eigenvalue weighted by molar-refractivity contribution is 6.41. The van der Waals surface area contributed by atoms with Crippen LogP contribution in [0.1, 0.15) is 12.8 Å². The van der Waals surface area contributed by atoms with E-state index in [0.29, 0.717) is 69.7 Å². The summed E-state index contributed by atoms with van der Waals surface area (Å²) in [5.74, 6) is 1.56. The SMILES string of the molecule is C=CC(=O)N[C@H]1CN(CCN(C)C)C[C@H]1Nc1ncc2cc(-c3c(Cl)c(OC)cc(OC)c3Cl)nc(NCC3CCCO3)c2n1. The van der Waals surface area contributed by atoms with Gasteiger partial charge in [-0.15, -0.1) is 0 Å². The van der Waals surface area contributed by atoms with Gasteiger partial charge in [0, 0.05) is 62.5 Å². The number of halogens is 2. The minimum atomic E-state index is -0.218. The lowest BCUT2D eigenvalue weighted by Gasteiger charge is -2.21. The Kier molecular flexibility index (Phi) is 10.8. The van der Waals surface area contributed by atoms with Gasteiger partial charge in [-0.25, -0.2) is 15.0 Å². The van der Waals surface area contributed by atoms with Crippen LogP contribution in [-0.2, 0) is 9.53 Å². The number of ether oxygens (including phenoxy) is 3. The van der Waals surface area contributed by atoms with E-state index >= 15 is 0 Å². The van der Waals surface area contributed by atoms with Crippen LogP contribution in [0.2, 0.25) is 10.0 Å². The minimum Gasteiger partial charge on any atom is -0.495 e. The van der Waals surface area contributed by atoms with Gasteiger partial charge in [0.25, 0.3) is 0 Å². The molecule has 2 fully saturated rings. The van der Waals surface area contributed by atoms with Crippen LogP contribution in [0.4, 0.5) is 11.8 Å². The van der Waals surface area contributed by atoms with E-state index in [4.69, 9.17) is 47.4 Å². The zero-order chi connectivity index (χ0) is 32.1. The molecule has 0 spiro atoms. The van der Waals surface area contributed by atoms with Crippen LogP contribution in [0.5, 0.6) is 11.5 Å². The van der Waals surface area contributed by atoms with E-state index in [9.17, 15) is 4.79 Å². The van der Waals surface area contributed by atoms with Gasteiger partial charge in [-0.1, -0.05) is 29.8 Å². The molecule has 12 nitrogen and oxygen atoms in total. The van der Waals surface area contributed by atoms with Gasteiger partial charge in [0.15, 0.2) is 5.82 Å². The number of aromatic nitrogens is 3. The number of hydrogen-bond donors (Lipinski definition) is 3. The van der Waals surface area contributed by atoms with Gasteiger partial charge < -0.3 is 35.1 Å². The van der Waals surface area contributed by atoms with Crippen LogP contribution >= 0.6 is 23.2 Å². The summed E-state index contributed by atoms with van der Waals surface area (Å²) < 4.78 is 16.8. The Labute approximate surface area is 273 Å². The van der Waals surface area contributed by atoms with Gasteiger partial charge in [0.1, 0.15) is 17.0 Å². The maximum atomic E-state index is 12.2. The summed E-state index contributed by atoms with van der Waals surface area (Å²) in [4.78, 5) is 31.2. The third kappa shape index (κ3) is 7.70. The number of nitrogens with one attached hydrogen (secondary N) is 3. The highest BCUT2D eigenvalue weighted by Crippen LogP contribution is 2.46. The number of carbonyl (C=O) groups excluding carboxylic acids is 1. The number of hydrogen-bond acceptors (Lipinski definition) is 11. The van der Waals surface area contributed by atoms with Crippen molar-refractivity contribution in [1.82, 2.24) is 30.1 Å². The highest BCUT2D eigenvalue weighted by Gasteiger charge is 2.34. The number of likely N-dealkylation sites (tertiary alicyclic amines) is 1. The Morgan fingerprint density at radius 1 is 1.16 bits per heavy atom. The molecular weight excluding hydrogens is 619 g/mol. The fourth-order valence-corrected chi connectivity index (χ4v) is 6.29. The first-order valence-electron chi connectivity index (χ1n) is 14.9. The van der Waals surface area contributed by atoms with Crippen LogP contribution in [0, 0.1) is 0 Å². The molecule has 0 radical (unpaired) electrons. The molecule has 2 aliphatic rings. The first kappa shape index (κ1) is 33.0. The van der Waals surface area contributed by atoms with Crippen molar-refractivity contribution in [2.45, 2.75) is 31.0 Å². The number of anilines is 2. The Hall–Kier alpha value is -3.42. The lowest BCUT2D eigenvalue weighted by molar-refractivity contribution is -0.117. The monoisotopic (exact) mass is 658 g/mol. The second-order valence-electron chi connectivity index (χ2n) is 11.4. The van der Waals surface area contributed by atoms with Crippen molar-refractivity contribution in [2.75, 3.05) is 78.3 Å². The van der Waals surface area contributed by atoms with Crippen molar-refractivity contribution < 1.29 is 19.0 Å². The molecule has 2 saturated heterocycles. The van der Waals surface area contributed by atoms with Crippen LogP contribution in [0.3, 0.4) is 0 Å². The molecule has 1 unspecified atom stereocenters. The number of likely N-dealkylation sites (N-methyl/N-ethyl adjacent to an activating group) is 1. The van der Waals surface area contributed by atoms with Crippen LogP contribution in [-0.4, -0.2) is 116 Å². The number of nitrogens with zero attached hydrogens (tertiary/aromatic N) is 5. The fraction of sp³-hybridized carbons (Fsp3) is 0.484. The Balaban J connectivity index is 1.51. The molecule has 0 bridgehead atoms. The van der Waals surface area contributed by atoms with Crippen molar-refractivity contribution in [2.24, 2.45) is 0 Å². The van der Waals surface area contributed by atoms with Gasteiger partial charge in [0.05, 0.1) is 48.1 Å². The largest absolute Gasteiger partial charge is 0.495 e. The fourth-order valence-electron chi connectivity index (χ4n) is 5.60. The number of rotatable bonds is 13. The molecule has 0 aliphatic carbocycles. The zero-order valence-electron chi connectivity index (χ0n) is 26.0. The molecule has 3 atom stereocenters. The predicted octanol–water partition coefficient (Wildman–Crippen LogP) is 3.94. The second kappa shape index (κ2) is 14.8. The lowest BCUT2D eigenvalue weighted by Crippen LogP contribution is -2.45. The van der Waals surface area contributed by atoms with Crippen molar-refractivity contribution in [3.63, 3.8) is 0 Å². The number of amides is 1. The molecule has 5 rings (SSSR count). The molecule has 3 N–H and O–H groups in total. The second-order valence-corrected chi connectivity index (χ2v) is 12.2. The molecule has 14 heteroatoms. The Morgan fingerprint density at radius 2 is 1.89 bits per heavy atom. The summed E-state index contributed by atoms with van der Waals surface area (Å²) in [6.07, 6.45) is 5.07. The number of methoxy groups -OCH3 is 2. The van der Waals surface area contributed by atoms with E-state index in [1.807, 2.05) is 20.2 Å². The molecule has 242 valence electrons. The molecule has 1 aromatic carbocycles. The normalized spacial score (nSPS) is 20.0. The van der Waals surface area contributed by atoms with Crippen molar-refractivity contribution in [3.05, 3.63) is 41.0 Å². The summed E-state index contributed by atoms with van der Waals surface area (Å²) in [5, 5.41) is 11.3. The van der Waals surface area contributed by atoms with Gasteiger partial charge in [-0.05, 0) is 39.1 Å². The first-order chi connectivity index (χ1) is 21.7. The molecule has 0 saturated carbocycles. The number of pyridine rings is 1. The summed E-state index contributed by atoms with van der Waals surface area (Å²) in [7, 11) is 7.15. The molecule has 3 aromatic rings. The molecular formula is C31H40Cl2N8O4. The molecule has 45 heavy (non-hydrogen) atoms. The molecule has 2 aromatic heterocycles. The Bertz CT molecular complexity index is 1510. The third-order valence-corrected chi connectivity index (χ3v) is 8.75. The van der Waals surface area contributed by atoms with Gasteiger partial charge in [-0.3, -0.25) is 9.69 Å². The third-order valence-electron chi connectivity index (χ3n) is 8.00. The van der Waals surface area contributed by atoms with Gasteiger partial charge in [-0.2, -0.15) is 0 Å². The van der Waals surface area contributed by atoms with Crippen LogP contribution in [0.25, 0.3) is 22.2 Å². The molecule has 4 heterocycles. The summed E-state index contributed by atoms with van der Waals surface area (Å²) in [6.45, 7) is 8.09. The van der Waals surface area contributed by atoms with E-state index in [1.54, 1.807) is 12.3 Å². The summed E-state index contributed by atoms with van der Waals surface area (Å²) in [6, 6.07) is 3.21. The van der Waals surface area contributed by atoms with E-state index in [1.165, 1.54) is 20.3 Å². The standard InChI is InChI=1S/C31H40Cl2N8O4/c1-6-25(42)36-21-16-41(10-9-40(2)3)17-22(21)38-31-35-14-18-12-20(26-27(32)23(43-4)13-24(44-5)28(26)33)37-30(29(18)39-31)34-15-19-8-7-11-45-19/h6,12-14,19,21-22H,1,7-11,15-17H2,2-5H3,(H,34,37)(H,36,42)(H,35,38,39)/t19?,21-,22+/m0/s1. The highest BCUT2D eigenvalue weighted by atomic mass is 35.5. The van der Waals surface area contributed by atoms with E-state index in [2.05, 4.69) is 37.3 Å².